The smallest absolute Gasteiger partial charge is 0.243 e. The Morgan fingerprint density at radius 1 is 1.10 bits per heavy atom. The van der Waals surface area contributed by atoms with Crippen LogP contribution in [0.4, 0.5) is 11.4 Å². The van der Waals surface area contributed by atoms with Crippen molar-refractivity contribution in [2.24, 2.45) is 0 Å². The molecule has 5 heteroatoms. The molecule has 0 aliphatic carbocycles. The molecule has 1 amide bonds. The Hall–Kier alpha value is -1.71. The number of hydrogen-bond acceptors (Lipinski definition) is 2. The number of amides is 1. The summed E-state index contributed by atoms with van der Waals surface area (Å²) in [6.07, 6.45) is 0. The first-order valence-electron chi connectivity index (χ1n) is 6.52. The molecule has 0 atom stereocenters. The fraction of sp³-hybridized carbons (Fsp3) is 0.188. The van der Waals surface area contributed by atoms with Crippen LogP contribution in [0.5, 0.6) is 0 Å². The third-order valence-electron chi connectivity index (χ3n) is 3.11. The summed E-state index contributed by atoms with van der Waals surface area (Å²) in [7, 11) is 0. The summed E-state index contributed by atoms with van der Waals surface area (Å²) in [6, 6.07) is 11.0. The van der Waals surface area contributed by atoms with Gasteiger partial charge in [-0.1, -0.05) is 41.4 Å². The van der Waals surface area contributed by atoms with Gasteiger partial charge in [-0.2, -0.15) is 0 Å². The van der Waals surface area contributed by atoms with Crippen LogP contribution in [0.3, 0.4) is 0 Å². The molecular formula is C16H16Cl2N2O. The largest absolute Gasteiger partial charge is 0.376 e. The number of aryl methyl sites for hydroxylation is 2. The highest BCUT2D eigenvalue weighted by molar-refractivity contribution is 6.36. The summed E-state index contributed by atoms with van der Waals surface area (Å²) < 4.78 is 0. The predicted octanol–water partition coefficient (Wildman–Crippen LogP) is 4.66. The van der Waals surface area contributed by atoms with Crippen molar-refractivity contribution in [2.75, 3.05) is 17.2 Å². The van der Waals surface area contributed by atoms with Crippen LogP contribution in [-0.2, 0) is 4.79 Å². The fourth-order valence-electron chi connectivity index (χ4n) is 2.05. The standard InChI is InChI=1S/C16H16Cl2N2O/c1-10-4-3-5-11(2)16(10)19-9-15(21)20-14-7-6-12(17)8-13(14)18/h3-8,19H,9H2,1-2H3,(H,20,21). The number of benzene rings is 2. The van der Waals surface area contributed by atoms with Gasteiger partial charge in [-0.15, -0.1) is 0 Å². The molecule has 0 aliphatic heterocycles. The molecule has 2 aromatic carbocycles. The SMILES string of the molecule is Cc1cccc(C)c1NCC(=O)Nc1ccc(Cl)cc1Cl. The summed E-state index contributed by atoms with van der Waals surface area (Å²) in [5.41, 5.74) is 3.74. The molecule has 0 radical (unpaired) electrons. The maximum atomic E-state index is 12.0. The number of hydrogen-bond donors (Lipinski definition) is 2. The maximum Gasteiger partial charge on any atom is 0.243 e. The van der Waals surface area contributed by atoms with E-state index in [2.05, 4.69) is 10.6 Å². The molecule has 0 aliphatic rings. The zero-order valence-corrected chi connectivity index (χ0v) is 13.3. The van der Waals surface area contributed by atoms with Gasteiger partial charge < -0.3 is 10.6 Å². The van der Waals surface area contributed by atoms with Gasteiger partial charge in [0.05, 0.1) is 17.3 Å². The third-order valence-corrected chi connectivity index (χ3v) is 3.66. The first-order chi connectivity index (χ1) is 9.97. The average molecular weight is 323 g/mol. The summed E-state index contributed by atoms with van der Waals surface area (Å²) >= 11 is 11.8. The van der Waals surface area contributed by atoms with E-state index in [1.165, 1.54) is 0 Å². The molecule has 2 rings (SSSR count). The lowest BCUT2D eigenvalue weighted by atomic mass is 10.1. The van der Waals surface area contributed by atoms with Crippen molar-refractivity contribution in [3.8, 4) is 0 Å². The van der Waals surface area contributed by atoms with E-state index in [0.717, 1.165) is 16.8 Å². The topological polar surface area (TPSA) is 41.1 Å². The van der Waals surface area contributed by atoms with Crippen molar-refractivity contribution in [1.82, 2.24) is 0 Å². The lowest BCUT2D eigenvalue weighted by Gasteiger charge is -2.13. The molecule has 0 unspecified atom stereocenters. The highest BCUT2D eigenvalue weighted by Gasteiger charge is 2.08. The van der Waals surface area contributed by atoms with Crippen LogP contribution in [0.2, 0.25) is 10.0 Å². The molecule has 0 heterocycles. The van der Waals surface area contributed by atoms with E-state index in [-0.39, 0.29) is 12.5 Å². The van der Waals surface area contributed by atoms with E-state index in [4.69, 9.17) is 23.2 Å². The summed E-state index contributed by atoms with van der Waals surface area (Å²) in [5.74, 6) is -0.165. The fourth-order valence-corrected chi connectivity index (χ4v) is 2.50. The van der Waals surface area contributed by atoms with Crippen LogP contribution in [0.25, 0.3) is 0 Å². The molecule has 0 saturated heterocycles. The second-order valence-electron chi connectivity index (χ2n) is 4.79. The van der Waals surface area contributed by atoms with Gasteiger partial charge in [0.25, 0.3) is 0 Å². The first kappa shape index (κ1) is 15.7. The lowest BCUT2D eigenvalue weighted by Crippen LogP contribution is -2.22. The summed E-state index contributed by atoms with van der Waals surface area (Å²) in [6.45, 7) is 4.18. The Kier molecular flexibility index (Phi) is 5.10. The number of halogens is 2. The van der Waals surface area contributed by atoms with Gasteiger partial charge in [0.2, 0.25) is 5.91 Å². The van der Waals surface area contributed by atoms with Gasteiger partial charge in [0, 0.05) is 10.7 Å². The van der Waals surface area contributed by atoms with Crippen molar-refractivity contribution in [3.05, 3.63) is 57.6 Å². The number of rotatable bonds is 4. The van der Waals surface area contributed by atoms with Crippen molar-refractivity contribution < 1.29 is 4.79 Å². The first-order valence-corrected chi connectivity index (χ1v) is 7.28. The predicted molar refractivity (Wildman–Crippen MR) is 89.5 cm³/mol. The molecule has 0 fully saturated rings. The van der Waals surface area contributed by atoms with Crippen LogP contribution >= 0.6 is 23.2 Å². The zero-order chi connectivity index (χ0) is 15.4. The Bertz CT molecular complexity index is 651. The molecule has 0 aromatic heterocycles. The molecule has 2 aromatic rings. The highest BCUT2D eigenvalue weighted by atomic mass is 35.5. The van der Waals surface area contributed by atoms with Crippen molar-refractivity contribution in [2.45, 2.75) is 13.8 Å². The average Bonchev–Trinajstić information content (AvgIpc) is 2.41. The van der Waals surface area contributed by atoms with Crippen LogP contribution in [-0.4, -0.2) is 12.5 Å². The minimum absolute atomic E-state index is 0.165. The van der Waals surface area contributed by atoms with Crippen LogP contribution in [0.1, 0.15) is 11.1 Å². The number of anilines is 2. The van der Waals surface area contributed by atoms with E-state index < -0.39 is 0 Å². The molecule has 0 saturated carbocycles. The number of carbonyl (C=O) groups excluding carboxylic acids is 1. The molecule has 21 heavy (non-hydrogen) atoms. The lowest BCUT2D eigenvalue weighted by molar-refractivity contribution is -0.114. The van der Waals surface area contributed by atoms with E-state index in [1.54, 1.807) is 18.2 Å². The second-order valence-corrected chi connectivity index (χ2v) is 5.64. The minimum atomic E-state index is -0.165. The third kappa shape index (κ3) is 4.13. The molecule has 0 bridgehead atoms. The number of carbonyl (C=O) groups is 1. The van der Waals surface area contributed by atoms with Gasteiger partial charge in [-0.25, -0.2) is 0 Å². The molecule has 0 spiro atoms. The number of nitrogens with one attached hydrogen (secondary N) is 2. The van der Waals surface area contributed by atoms with Gasteiger partial charge in [0.1, 0.15) is 0 Å². The van der Waals surface area contributed by atoms with Crippen LogP contribution < -0.4 is 10.6 Å². The Labute approximate surface area is 134 Å². The van der Waals surface area contributed by atoms with Crippen LogP contribution in [0, 0.1) is 13.8 Å². The zero-order valence-electron chi connectivity index (χ0n) is 11.8. The quantitative estimate of drug-likeness (QED) is 0.859. The number of para-hydroxylation sites is 1. The Morgan fingerprint density at radius 2 is 1.76 bits per heavy atom. The highest BCUT2D eigenvalue weighted by Crippen LogP contribution is 2.25. The Balaban J connectivity index is 1.99. The molecule has 2 N–H and O–H groups in total. The minimum Gasteiger partial charge on any atom is -0.376 e. The molecule has 3 nitrogen and oxygen atoms in total. The van der Waals surface area contributed by atoms with Gasteiger partial charge >= 0.3 is 0 Å². The normalized spacial score (nSPS) is 10.3. The summed E-state index contributed by atoms with van der Waals surface area (Å²) in [5, 5.41) is 6.86. The summed E-state index contributed by atoms with van der Waals surface area (Å²) in [4.78, 5) is 12.0. The monoisotopic (exact) mass is 322 g/mol. The van der Waals surface area contributed by atoms with Crippen molar-refractivity contribution in [1.29, 1.82) is 0 Å². The Morgan fingerprint density at radius 3 is 2.38 bits per heavy atom. The van der Waals surface area contributed by atoms with E-state index in [1.807, 2.05) is 32.0 Å². The van der Waals surface area contributed by atoms with Gasteiger partial charge in [-0.05, 0) is 43.2 Å². The van der Waals surface area contributed by atoms with E-state index in [9.17, 15) is 4.79 Å². The molecular weight excluding hydrogens is 307 g/mol. The van der Waals surface area contributed by atoms with E-state index >= 15 is 0 Å². The van der Waals surface area contributed by atoms with Crippen molar-refractivity contribution in [3.63, 3.8) is 0 Å². The van der Waals surface area contributed by atoms with Crippen LogP contribution in [0.15, 0.2) is 36.4 Å². The van der Waals surface area contributed by atoms with E-state index in [0.29, 0.717) is 15.7 Å². The van der Waals surface area contributed by atoms with Gasteiger partial charge in [0.15, 0.2) is 0 Å². The molecule has 110 valence electrons. The van der Waals surface area contributed by atoms with Crippen molar-refractivity contribution >= 4 is 40.5 Å². The van der Waals surface area contributed by atoms with Gasteiger partial charge in [-0.3, -0.25) is 4.79 Å². The maximum absolute atomic E-state index is 12.0. The second kappa shape index (κ2) is 6.83.